The van der Waals surface area contributed by atoms with Gasteiger partial charge in [0.05, 0.1) is 6.20 Å². The molecule has 1 atom stereocenters. The first-order chi connectivity index (χ1) is 9.72. The van der Waals surface area contributed by atoms with E-state index in [0.717, 1.165) is 18.5 Å². The van der Waals surface area contributed by atoms with Gasteiger partial charge in [-0.25, -0.2) is 0 Å². The highest BCUT2D eigenvalue weighted by molar-refractivity contribution is 5.05. The van der Waals surface area contributed by atoms with E-state index in [-0.39, 0.29) is 0 Å². The van der Waals surface area contributed by atoms with Crippen LogP contribution in [0.5, 0.6) is 0 Å². The van der Waals surface area contributed by atoms with Crippen LogP contribution in [0.15, 0.2) is 12.4 Å². The third kappa shape index (κ3) is 3.61. The van der Waals surface area contributed by atoms with Crippen molar-refractivity contribution in [1.82, 2.24) is 20.0 Å². The monoisotopic (exact) mass is 276 g/mol. The molecule has 4 nitrogen and oxygen atoms in total. The van der Waals surface area contributed by atoms with Crippen LogP contribution in [0.4, 0.5) is 0 Å². The molecule has 1 aliphatic heterocycles. The first-order valence-corrected chi connectivity index (χ1v) is 8.20. The van der Waals surface area contributed by atoms with Gasteiger partial charge in [-0.2, -0.15) is 5.10 Å². The Kier molecular flexibility index (Phi) is 4.41. The summed E-state index contributed by atoms with van der Waals surface area (Å²) < 4.78 is 2.07. The normalized spacial score (nSPS) is 23.7. The summed E-state index contributed by atoms with van der Waals surface area (Å²) in [6.45, 7) is 9.11. The SMILES string of the molecule is CC(C)n1cc(CN(CC2CCCNC2)C2CC2)cn1. The van der Waals surface area contributed by atoms with Gasteiger partial charge in [0.15, 0.2) is 0 Å². The van der Waals surface area contributed by atoms with Crippen LogP contribution < -0.4 is 5.32 Å². The topological polar surface area (TPSA) is 33.1 Å². The zero-order valence-electron chi connectivity index (χ0n) is 12.9. The Labute approximate surface area is 122 Å². The van der Waals surface area contributed by atoms with Crippen molar-refractivity contribution in [3.05, 3.63) is 18.0 Å². The highest BCUT2D eigenvalue weighted by Gasteiger charge is 2.31. The van der Waals surface area contributed by atoms with Gasteiger partial charge >= 0.3 is 0 Å². The second-order valence-corrected chi connectivity index (χ2v) is 6.80. The van der Waals surface area contributed by atoms with Crippen LogP contribution in [0.3, 0.4) is 0 Å². The molecule has 2 aliphatic rings. The number of piperidine rings is 1. The lowest BCUT2D eigenvalue weighted by Gasteiger charge is -2.30. The highest BCUT2D eigenvalue weighted by Crippen LogP contribution is 2.30. The number of hydrogen-bond donors (Lipinski definition) is 1. The lowest BCUT2D eigenvalue weighted by Crippen LogP contribution is -2.39. The van der Waals surface area contributed by atoms with E-state index in [0.29, 0.717) is 6.04 Å². The van der Waals surface area contributed by atoms with Crippen LogP contribution >= 0.6 is 0 Å². The van der Waals surface area contributed by atoms with E-state index >= 15 is 0 Å². The molecule has 20 heavy (non-hydrogen) atoms. The molecule has 3 rings (SSSR count). The Balaban J connectivity index is 1.58. The molecular formula is C16H28N4. The lowest BCUT2D eigenvalue weighted by molar-refractivity contribution is 0.192. The maximum absolute atomic E-state index is 4.47. The van der Waals surface area contributed by atoms with E-state index in [1.807, 2.05) is 0 Å². The maximum Gasteiger partial charge on any atom is 0.0534 e. The van der Waals surface area contributed by atoms with E-state index in [4.69, 9.17) is 0 Å². The molecule has 0 aromatic carbocycles. The Hall–Kier alpha value is -0.870. The minimum Gasteiger partial charge on any atom is -0.316 e. The minimum atomic E-state index is 0.459. The van der Waals surface area contributed by atoms with Gasteiger partial charge < -0.3 is 5.32 Å². The van der Waals surface area contributed by atoms with Gasteiger partial charge in [0.2, 0.25) is 0 Å². The average molecular weight is 276 g/mol. The fraction of sp³-hybridized carbons (Fsp3) is 0.812. The van der Waals surface area contributed by atoms with Gasteiger partial charge in [-0.1, -0.05) is 0 Å². The summed E-state index contributed by atoms with van der Waals surface area (Å²) in [6.07, 6.45) is 9.78. The van der Waals surface area contributed by atoms with E-state index in [2.05, 4.69) is 46.2 Å². The van der Waals surface area contributed by atoms with Crippen LogP contribution in [0.1, 0.15) is 51.1 Å². The molecule has 1 aromatic heterocycles. The Morgan fingerprint density at radius 3 is 2.85 bits per heavy atom. The first kappa shape index (κ1) is 14.1. The van der Waals surface area contributed by atoms with Crippen molar-refractivity contribution in [2.45, 2.75) is 58.2 Å². The standard InChI is InChI=1S/C16H28N4/c1-13(2)20-12-15(9-18-20)11-19(16-5-6-16)10-14-4-3-7-17-8-14/h9,12-14,16-17H,3-8,10-11H2,1-2H3. The van der Waals surface area contributed by atoms with Gasteiger partial charge in [-0.05, 0) is 58.5 Å². The van der Waals surface area contributed by atoms with Crippen molar-refractivity contribution in [1.29, 1.82) is 0 Å². The maximum atomic E-state index is 4.47. The summed E-state index contributed by atoms with van der Waals surface area (Å²) in [5, 5.41) is 8.01. The Morgan fingerprint density at radius 2 is 2.25 bits per heavy atom. The highest BCUT2D eigenvalue weighted by atomic mass is 15.3. The van der Waals surface area contributed by atoms with Crippen molar-refractivity contribution >= 4 is 0 Å². The van der Waals surface area contributed by atoms with Crippen LogP contribution in [-0.4, -0.2) is 40.4 Å². The Morgan fingerprint density at radius 1 is 1.40 bits per heavy atom. The zero-order chi connectivity index (χ0) is 13.9. The summed E-state index contributed by atoms with van der Waals surface area (Å²) >= 11 is 0. The van der Waals surface area contributed by atoms with Gasteiger partial charge in [0.25, 0.3) is 0 Å². The van der Waals surface area contributed by atoms with E-state index in [9.17, 15) is 0 Å². The minimum absolute atomic E-state index is 0.459. The second-order valence-electron chi connectivity index (χ2n) is 6.80. The van der Waals surface area contributed by atoms with Crippen LogP contribution in [0.2, 0.25) is 0 Å². The second kappa shape index (κ2) is 6.27. The fourth-order valence-electron chi connectivity index (χ4n) is 3.17. The molecule has 1 saturated heterocycles. The molecule has 1 saturated carbocycles. The third-order valence-electron chi connectivity index (χ3n) is 4.52. The van der Waals surface area contributed by atoms with Crippen molar-refractivity contribution in [2.24, 2.45) is 5.92 Å². The molecule has 2 fully saturated rings. The molecule has 0 amide bonds. The van der Waals surface area contributed by atoms with Crippen LogP contribution in [0, 0.1) is 5.92 Å². The zero-order valence-corrected chi connectivity index (χ0v) is 12.9. The number of nitrogens with one attached hydrogen (secondary N) is 1. The van der Waals surface area contributed by atoms with E-state index in [1.54, 1.807) is 0 Å². The molecule has 0 radical (unpaired) electrons. The summed E-state index contributed by atoms with van der Waals surface area (Å²) in [5.41, 5.74) is 1.37. The largest absolute Gasteiger partial charge is 0.316 e. The smallest absolute Gasteiger partial charge is 0.0534 e. The van der Waals surface area contributed by atoms with Gasteiger partial charge in [-0.15, -0.1) is 0 Å². The van der Waals surface area contributed by atoms with Crippen molar-refractivity contribution < 1.29 is 0 Å². The molecular weight excluding hydrogens is 248 g/mol. The molecule has 1 aromatic rings. The quantitative estimate of drug-likeness (QED) is 0.866. The number of rotatable bonds is 6. The molecule has 112 valence electrons. The van der Waals surface area contributed by atoms with Crippen LogP contribution in [0.25, 0.3) is 0 Å². The number of aromatic nitrogens is 2. The predicted molar refractivity (Wildman–Crippen MR) is 81.6 cm³/mol. The molecule has 0 bridgehead atoms. The molecule has 1 N–H and O–H groups in total. The van der Waals surface area contributed by atoms with Gasteiger partial charge in [-0.3, -0.25) is 9.58 Å². The van der Waals surface area contributed by atoms with Crippen molar-refractivity contribution in [2.75, 3.05) is 19.6 Å². The fourth-order valence-corrected chi connectivity index (χ4v) is 3.17. The molecule has 1 unspecified atom stereocenters. The van der Waals surface area contributed by atoms with Gasteiger partial charge in [0, 0.05) is 36.9 Å². The van der Waals surface area contributed by atoms with Crippen LogP contribution in [-0.2, 0) is 6.54 Å². The summed E-state index contributed by atoms with van der Waals surface area (Å²) in [4.78, 5) is 2.69. The molecule has 1 aliphatic carbocycles. The summed E-state index contributed by atoms with van der Waals surface area (Å²) in [7, 11) is 0. The summed E-state index contributed by atoms with van der Waals surface area (Å²) in [6, 6.07) is 1.29. The first-order valence-electron chi connectivity index (χ1n) is 8.20. The average Bonchev–Trinajstić information content (AvgIpc) is 3.19. The lowest BCUT2D eigenvalue weighted by atomic mass is 9.99. The summed E-state index contributed by atoms with van der Waals surface area (Å²) in [5.74, 6) is 0.837. The molecule has 2 heterocycles. The predicted octanol–water partition coefficient (Wildman–Crippen LogP) is 2.43. The van der Waals surface area contributed by atoms with Gasteiger partial charge in [0.1, 0.15) is 0 Å². The molecule has 4 heteroatoms. The number of nitrogens with zero attached hydrogens (tertiary/aromatic N) is 3. The van der Waals surface area contributed by atoms with E-state index in [1.165, 1.54) is 50.9 Å². The van der Waals surface area contributed by atoms with E-state index < -0.39 is 0 Å². The number of hydrogen-bond acceptors (Lipinski definition) is 3. The third-order valence-corrected chi connectivity index (χ3v) is 4.52. The molecule has 0 spiro atoms. The Bertz CT molecular complexity index is 416. The van der Waals surface area contributed by atoms with Crippen molar-refractivity contribution in [3.8, 4) is 0 Å². The van der Waals surface area contributed by atoms with Crippen molar-refractivity contribution in [3.63, 3.8) is 0 Å².